The Labute approximate surface area is 181 Å². The average molecular weight is 416 g/mol. The second-order valence-corrected chi connectivity index (χ2v) is 6.46. The molecule has 0 radical (unpaired) electrons. The molecule has 0 atom stereocenters. The molecule has 0 bridgehead atoms. The van der Waals surface area contributed by atoms with Crippen LogP contribution >= 0.6 is 0 Å². The third kappa shape index (κ3) is 5.51. The van der Waals surface area contributed by atoms with Gasteiger partial charge in [0.15, 0.2) is 11.5 Å². The Morgan fingerprint density at radius 2 is 1.39 bits per heavy atom. The molecule has 0 aliphatic heterocycles. The Hall–Kier alpha value is -4.06. The normalized spacial score (nSPS) is 11.3. The maximum absolute atomic E-state index is 12.8. The third-order valence-electron chi connectivity index (χ3n) is 4.51. The lowest BCUT2D eigenvalue weighted by atomic mass is 10.1. The van der Waals surface area contributed by atoms with E-state index in [1.54, 1.807) is 12.1 Å². The SMILES string of the molecule is COc1cc(C(=O)N/N=C(\C=C\c2ccccc2)c2ccccc2)cc(OC)c1OC. The van der Waals surface area contributed by atoms with Crippen LogP contribution < -0.4 is 19.6 Å². The molecule has 3 aromatic rings. The van der Waals surface area contributed by atoms with Crippen molar-refractivity contribution in [3.05, 3.63) is 95.6 Å². The van der Waals surface area contributed by atoms with Crippen molar-refractivity contribution in [3.8, 4) is 17.2 Å². The highest BCUT2D eigenvalue weighted by Gasteiger charge is 2.17. The summed E-state index contributed by atoms with van der Waals surface area (Å²) in [5.41, 5.74) is 5.47. The van der Waals surface area contributed by atoms with Crippen molar-refractivity contribution < 1.29 is 19.0 Å². The van der Waals surface area contributed by atoms with Crippen molar-refractivity contribution in [2.75, 3.05) is 21.3 Å². The Bertz CT molecular complexity index is 1050. The molecule has 6 heteroatoms. The summed E-state index contributed by atoms with van der Waals surface area (Å²) in [6, 6.07) is 22.7. The molecular weight excluding hydrogens is 392 g/mol. The fourth-order valence-corrected chi connectivity index (χ4v) is 2.93. The molecule has 1 N–H and O–H groups in total. The standard InChI is InChI=1S/C25H24N2O4/c1-29-22-16-20(17-23(30-2)24(22)31-3)25(28)27-26-21(19-12-8-5-9-13-19)15-14-18-10-6-4-7-11-18/h4-17H,1-3H3,(H,27,28)/b15-14+,26-21+. The highest BCUT2D eigenvalue weighted by molar-refractivity contribution is 6.11. The fourth-order valence-electron chi connectivity index (χ4n) is 2.93. The Morgan fingerprint density at radius 1 is 0.806 bits per heavy atom. The zero-order valence-corrected chi connectivity index (χ0v) is 17.7. The summed E-state index contributed by atoms with van der Waals surface area (Å²) in [5.74, 6) is 0.799. The molecule has 31 heavy (non-hydrogen) atoms. The molecule has 6 nitrogen and oxygen atoms in total. The summed E-state index contributed by atoms with van der Waals surface area (Å²) in [7, 11) is 4.51. The first kappa shape index (κ1) is 21.6. The van der Waals surface area contributed by atoms with Gasteiger partial charge in [0.1, 0.15) is 0 Å². The number of methoxy groups -OCH3 is 3. The second-order valence-electron chi connectivity index (χ2n) is 6.46. The number of nitrogens with zero attached hydrogens (tertiary/aromatic N) is 1. The van der Waals surface area contributed by atoms with Crippen LogP contribution in [0.5, 0.6) is 17.2 Å². The van der Waals surface area contributed by atoms with Gasteiger partial charge < -0.3 is 14.2 Å². The van der Waals surface area contributed by atoms with E-state index in [0.29, 0.717) is 28.5 Å². The summed E-state index contributed by atoms with van der Waals surface area (Å²) < 4.78 is 15.9. The van der Waals surface area contributed by atoms with Gasteiger partial charge in [-0.05, 0) is 23.8 Å². The topological polar surface area (TPSA) is 69.2 Å². The molecular formula is C25H24N2O4. The Balaban J connectivity index is 1.89. The fraction of sp³-hybridized carbons (Fsp3) is 0.120. The van der Waals surface area contributed by atoms with Crippen LogP contribution in [-0.2, 0) is 0 Å². The second kappa shape index (κ2) is 10.6. The van der Waals surface area contributed by atoms with E-state index in [2.05, 4.69) is 10.5 Å². The molecule has 158 valence electrons. The van der Waals surface area contributed by atoms with Crippen molar-refractivity contribution in [3.63, 3.8) is 0 Å². The van der Waals surface area contributed by atoms with Gasteiger partial charge in [0.25, 0.3) is 5.91 Å². The van der Waals surface area contributed by atoms with Crippen LogP contribution in [0.4, 0.5) is 0 Å². The van der Waals surface area contributed by atoms with Crippen LogP contribution in [-0.4, -0.2) is 32.9 Å². The van der Waals surface area contributed by atoms with E-state index >= 15 is 0 Å². The molecule has 1 amide bonds. The van der Waals surface area contributed by atoms with Gasteiger partial charge in [-0.25, -0.2) is 5.43 Å². The Kier molecular flexibility index (Phi) is 7.43. The molecule has 0 aliphatic rings. The number of benzene rings is 3. The van der Waals surface area contributed by atoms with Gasteiger partial charge in [0.2, 0.25) is 5.75 Å². The number of carbonyl (C=O) groups excluding carboxylic acids is 1. The first-order chi connectivity index (χ1) is 15.2. The first-order valence-corrected chi connectivity index (χ1v) is 9.63. The highest BCUT2D eigenvalue weighted by Crippen LogP contribution is 2.38. The smallest absolute Gasteiger partial charge is 0.271 e. The maximum atomic E-state index is 12.8. The molecule has 0 unspecified atom stereocenters. The molecule has 0 saturated heterocycles. The number of hydrogen-bond donors (Lipinski definition) is 1. The zero-order chi connectivity index (χ0) is 22.1. The lowest BCUT2D eigenvalue weighted by Gasteiger charge is -2.13. The molecule has 3 aromatic carbocycles. The molecule has 0 aliphatic carbocycles. The quantitative estimate of drug-likeness (QED) is 0.432. The van der Waals surface area contributed by atoms with Gasteiger partial charge in [-0.2, -0.15) is 5.10 Å². The van der Waals surface area contributed by atoms with E-state index < -0.39 is 5.91 Å². The number of nitrogens with one attached hydrogen (secondary N) is 1. The number of hydrogen-bond acceptors (Lipinski definition) is 5. The number of hydrazone groups is 1. The number of amides is 1. The van der Waals surface area contributed by atoms with Gasteiger partial charge in [0, 0.05) is 11.1 Å². The van der Waals surface area contributed by atoms with E-state index in [4.69, 9.17) is 14.2 Å². The zero-order valence-electron chi connectivity index (χ0n) is 17.7. The average Bonchev–Trinajstić information content (AvgIpc) is 2.84. The summed E-state index contributed by atoms with van der Waals surface area (Å²) in [5, 5.41) is 4.36. The van der Waals surface area contributed by atoms with Gasteiger partial charge in [-0.15, -0.1) is 0 Å². The van der Waals surface area contributed by atoms with E-state index in [-0.39, 0.29) is 0 Å². The van der Waals surface area contributed by atoms with E-state index in [1.807, 2.05) is 72.8 Å². The number of allylic oxidation sites excluding steroid dienone is 1. The molecule has 0 saturated carbocycles. The number of ether oxygens (including phenoxy) is 3. The molecule has 0 aromatic heterocycles. The maximum Gasteiger partial charge on any atom is 0.271 e. The molecule has 0 fully saturated rings. The molecule has 0 spiro atoms. The van der Waals surface area contributed by atoms with E-state index in [0.717, 1.165) is 11.1 Å². The van der Waals surface area contributed by atoms with Crippen LogP contribution in [0.15, 0.2) is 84.0 Å². The minimum Gasteiger partial charge on any atom is -0.493 e. The lowest BCUT2D eigenvalue weighted by molar-refractivity contribution is 0.0954. The molecule has 3 rings (SSSR count). The van der Waals surface area contributed by atoms with E-state index in [1.165, 1.54) is 21.3 Å². The van der Waals surface area contributed by atoms with Crippen molar-refractivity contribution in [2.45, 2.75) is 0 Å². The minimum atomic E-state index is -0.402. The van der Waals surface area contributed by atoms with E-state index in [9.17, 15) is 4.79 Å². The monoisotopic (exact) mass is 416 g/mol. The summed E-state index contributed by atoms with van der Waals surface area (Å²) in [6.07, 6.45) is 3.80. The van der Waals surface area contributed by atoms with Crippen LogP contribution in [0.2, 0.25) is 0 Å². The van der Waals surface area contributed by atoms with Crippen molar-refractivity contribution in [1.82, 2.24) is 5.43 Å². The van der Waals surface area contributed by atoms with Crippen molar-refractivity contribution in [2.24, 2.45) is 5.10 Å². The summed E-state index contributed by atoms with van der Waals surface area (Å²) >= 11 is 0. The molecule has 0 heterocycles. The summed E-state index contributed by atoms with van der Waals surface area (Å²) in [4.78, 5) is 12.8. The number of carbonyl (C=O) groups is 1. The van der Waals surface area contributed by atoms with Crippen LogP contribution in [0.1, 0.15) is 21.5 Å². The van der Waals surface area contributed by atoms with Crippen molar-refractivity contribution in [1.29, 1.82) is 0 Å². The number of rotatable bonds is 8. The van der Waals surface area contributed by atoms with Crippen molar-refractivity contribution >= 4 is 17.7 Å². The third-order valence-corrected chi connectivity index (χ3v) is 4.51. The summed E-state index contributed by atoms with van der Waals surface area (Å²) in [6.45, 7) is 0. The lowest BCUT2D eigenvalue weighted by Crippen LogP contribution is -2.20. The van der Waals surface area contributed by atoms with Gasteiger partial charge >= 0.3 is 0 Å². The predicted octanol–water partition coefficient (Wildman–Crippen LogP) is 4.56. The van der Waals surface area contributed by atoms with Crippen LogP contribution in [0, 0.1) is 0 Å². The van der Waals surface area contributed by atoms with Gasteiger partial charge in [-0.1, -0.05) is 66.7 Å². The van der Waals surface area contributed by atoms with Gasteiger partial charge in [-0.3, -0.25) is 4.79 Å². The highest BCUT2D eigenvalue weighted by atomic mass is 16.5. The minimum absolute atomic E-state index is 0.331. The van der Waals surface area contributed by atoms with Crippen LogP contribution in [0.25, 0.3) is 6.08 Å². The first-order valence-electron chi connectivity index (χ1n) is 9.63. The Morgan fingerprint density at radius 3 is 1.94 bits per heavy atom. The van der Waals surface area contributed by atoms with Gasteiger partial charge in [0.05, 0.1) is 27.0 Å². The predicted molar refractivity (Wildman–Crippen MR) is 122 cm³/mol. The van der Waals surface area contributed by atoms with Crippen LogP contribution in [0.3, 0.4) is 0 Å². The largest absolute Gasteiger partial charge is 0.493 e.